The maximum Gasteiger partial charge on any atom is 0.255 e. The molecule has 1 heterocycles. The Morgan fingerprint density at radius 1 is 1.03 bits per heavy atom. The first-order chi connectivity index (χ1) is 13.8. The summed E-state index contributed by atoms with van der Waals surface area (Å²) in [4.78, 5) is 17.1. The van der Waals surface area contributed by atoms with Crippen LogP contribution in [0.25, 0.3) is 0 Å². The zero-order valence-corrected chi connectivity index (χ0v) is 17.6. The van der Waals surface area contributed by atoms with Gasteiger partial charge in [0, 0.05) is 11.3 Å². The predicted octanol–water partition coefficient (Wildman–Crippen LogP) is 4.93. The van der Waals surface area contributed by atoms with E-state index in [2.05, 4.69) is 55.2 Å². The summed E-state index contributed by atoms with van der Waals surface area (Å²) in [5.74, 6) is -0.0852. The van der Waals surface area contributed by atoms with E-state index in [0.717, 1.165) is 24.1 Å². The Morgan fingerprint density at radius 2 is 1.76 bits per heavy atom. The summed E-state index contributed by atoms with van der Waals surface area (Å²) in [7, 11) is 0. The van der Waals surface area contributed by atoms with Gasteiger partial charge in [-0.15, -0.1) is 0 Å². The first-order valence-electron chi connectivity index (χ1n) is 10.1. The van der Waals surface area contributed by atoms with Crippen molar-refractivity contribution in [3.63, 3.8) is 0 Å². The first-order valence-corrected chi connectivity index (χ1v) is 10.1. The summed E-state index contributed by atoms with van der Waals surface area (Å²) in [6.45, 7) is 9.69. The molecule has 1 aliphatic carbocycles. The van der Waals surface area contributed by atoms with E-state index >= 15 is 0 Å². The third kappa shape index (κ3) is 3.82. The largest absolute Gasteiger partial charge is 0.322 e. The Morgan fingerprint density at radius 3 is 2.48 bits per heavy atom. The van der Waals surface area contributed by atoms with Gasteiger partial charge in [0.2, 0.25) is 0 Å². The van der Waals surface area contributed by atoms with Gasteiger partial charge in [-0.3, -0.25) is 4.79 Å². The number of aromatic nitrogens is 3. The molecule has 0 fully saturated rings. The molecule has 2 aromatic carbocycles. The Labute approximate surface area is 172 Å². The van der Waals surface area contributed by atoms with Crippen LogP contribution in [0.15, 0.2) is 55.1 Å². The Bertz CT molecular complexity index is 1030. The second-order valence-corrected chi connectivity index (χ2v) is 9.23. The topological polar surface area (TPSA) is 59.8 Å². The highest BCUT2D eigenvalue weighted by Crippen LogP contribution is 2.45. The van der Waals surface area contributed by atoms with Gasteiger partial charge in [-0.25, -0.2) is 9.67 Å². The molecule has 0 aliphatic heterocycles. The van der Waals surface area contributed by atoms with Crippen LogP contribution < -0.4 is 5.32 Å². The quantitative estimate of drug-likeness (QED) is 0.689. The van der Waals surface area contributed by atoms with E-state index in [-0.39, 0.29) is 16.7 Å². The molecule has 0 saturated carbocycles. The minimum absolute atomic E-state index is 0.0755. The van der Waals surface area contributed by atoms with E-state index in [1.807, 2.05) is 30.3 Å². The van der Waals surface area contributed by atoms with Gasteiger partial charge in [-0.1, -0.05) is 52.0 Å². The third-order valence-corrected chi connectivity index (χ3v) is 6.18. The molecule has 1 aliphatic rings. The van der Waals surface area contributed by atoms with Crippen LogP contribution in [0.2, 0.25) is 0 Å². The summed E-state index contributed by atoms with van der Waals surface area (Å²) in [6.07, 6.45) is 5.47. The molecule has 1 N–H and O–H groups in total. The number of carbonyl (C=O) groups is 1. The van der Waals surface area contributed by atoms with Gasteiger partial charge in [-0.2, -0.15) is 5.10 Å². The van der Waals surface area contributed by atoms with E-state index in [4.69, 9.17) is 0 Å². The van der Waals surface area contributed by atoms with Crippen molar-refractivity contribution in [3.05, 3.63) is 77.4 Å². The zero-order valence-electron chi connectivity index (χ0n) is 17.6. The number of rotatable bonds is 4. The molecule has 0 atom stereocenters. The van der Waals surface area contributed by atoms with Gasteiger partial charge >= 0.3 is 0 Å². The summed E-state index contributed by atoms with van der Waals surface area (Å²) in [6, 6.07) is 14.0. The minimum atomic E-state index is -0.0852. The average Bonchev–Trinajstić information content (AvgIpc) is 3.20. The molecular formula is C24H28N4O. The lowest BCUT2D eigenvalue weighted by atomic mass is 9.63. The van der Waals surface area contributed by atoms with Crippen LogP contribution in [0.5, 0.6) is 0 Å². The highest BCUT2D eigenvalue weighted by atomic mass is 16.1. The molecule has 1 amide bonds. The molecule has 5 nitrogen and oxygen atoms in total. The number of nitrogens with one attached hydrogen (secondary N) is 1. The SMILES string of the molecule is CC1(C)CCC(C)(C)c2cc(C(=O)Nc3ccccc3Cn3cncn3)ccc21. The van der Waals surface area contributed by atoms with Crippen LogP contribution in [-0.4, -0.2) is 20.7 Å². The standard InChI is InChI=1S/C24H28N4O/c1-23(2)11-12-24(3,4)20-13-17(9-10-19(20)23)22(29)27-21-8-6-5-7-18(21)14-28-16-25-15-26-28/h5-10,13,15-16H,11-12,14H2,1-4H3,(H,27,29). The maximum absolute atomic E-state index is 13.1. The predicted molar refractivity (Wildman–Crippen MR) is 115 cm³/mol. The first kappa shape index (κ1) is 19.4. The highest BCUT2D eigenvalue weighted by molar-refractivity contribution is 6.04. The van der Waals surface area contributed by atoms with E-state index in [1.165, 1.54) is 17.5 Å². The van der Waals surface area contributed by atoms with Crippen molar-refractivity contribution >= 4 is 11.6 Å². The molecule has 29 heavy (non-hydrogen) atoms. The smallest absolute Gasteiger partial charge is 0.255 e. The highest BCUT2D eigenvalue weighted by Gasteiger charge is 2.37. The summed E-state index contributed by atoms with van der Waals surface area (Å²) in [5.41, 5.74) is 5.35. The monoisotopic (exact) mass is 388 g/mol. The van der Waals surface area contributed by atoms with Crippen molar-refractivity contribution in [2.45, 2.75) is 57.9 Å². The summed E-state index contributed by atoms with van der Waals surface area (Å²) in [5, 5.41) is 7.25. The lowest BCUT2D eigenvalue weighted by molar-refractivity contribution is 0.102. The van der Waals surface area contributed by atoms with Crippen LogP contribution in [0.1, 0.15) is 67.6 Å². The molecule has 150 valence electrons. The fraction of sp³-hybridized carbons (Fsp3) is 0.375. The number of amides is 1. The molecule has 5 heteroatoms. The number of fused-ring (bicyclic) bond motifs is 1. The van der Waals surface area contributed by atoms with Crippen molar-refractivity contribution < 1.29 is 4.79 Å². The molecule has 0 spiro atoms. The normalized spacial score (nSPS) is 16.8. The number of para-hydroxylation sites is 1. The van der Waals surface area contributed by atoms with Gasteiger partial charge in [0.25, 0.3) is 5.91 Å². The minimum Gasteiger partial charge on any atom is -0.322 e. The molecule has 3 aromatic rings. The van der Waals surface area contributed by atoms with Crippen LogP contribution in [0, 0.1) is 0 Å². The number of hydrogen-bond acceptors (Lipinski definition) is 3. The Balaban J connectivity index is 1.62. The zero-order chi connectivity index (χ0) is 20.6. The van der Waals surface area contributed by atoms with E-state index in [0.29, 0.717) is 12.1 Å². The molecule has 0 radical (unpaired) electrons. The van der Waals surface area contributed by atoms with Crippen molar-refractivity contribution in [2.24, 2.45) is 0 Å². The van der Waals surface area contributed by atoms with E-state index in [9.17, 15) is 4.79 Å². The molecule has 4 rings (SSSR count). The lowest BCUT2D eigenvalue weighted by Crippen LogP contribution is -2.34. The van der Waals surface area contributed by atoms with Crippen LogP contribution in [-0.2, 0) is 17.4 Å². The molecule has 1 aromatic heterocycles. The van der Waals surface area contributed by atoms with Crippen LogP contribution in [0.3, 0.4) is 0 Å². The van der Waals surface area contributed by atoms with Crippen molar-refractivity contribution in [1.82, 2.24) is 14.8 Å². The maximum atomic E-state index is 13.1. The number of anilines is 1. The molecule has 0 bridgehead atoms. The van der Waals surface area contributed by atoms with Gasteiger partial charge < -0.3 is 5.32 Å². The van der Waals surface area contributed by atoms with Gasteiger partial charge in [0.05, 0.1) is 6.54 Å². The average molecular weight is 389 g/mol. The number of hydrogen-bond donors (Lipinski definition) is 1. The summed E-state index contributed by atoms with van der Waals surface area (Å²) >= 11 is 0. The second kappa shape index (κ2) is 7.14. The molecule has 0 unspecified atom stereocenters. The molecule has 0 saturated heterocycles. The van der Waals surface area contributed by atoms with Crippen molar-refractivity contribution in [3.8, 4) is 0 Å². The van der Waals surface area contributed by atoms with Crippen molar-refractivity contribution in [2.75, 3.05) is 5.32 Å². The third-order valence-electron chi connectivity index (χ3n) is 6.18. The van der Waals surface area contributed by atoms with Gasteiger partial charge in [0.1, 0.15) is 12.7 Å². The number of benzene rings is 2. The Kier molecular flexibility index (Phi) is 4.77. The van der Waals surface area contributed by atoms with Crippen LogP contribution in [0.4, 0.5) is 5.69 Å². The fourth-order valence-corrected chi connectivity index (χ4v) is 4.19. The molecular weight excluding hydrogens is 360 g/mol. The van der Waals surface area contributed by atoms with Crippen LogP contribution >= 0.6 is 0 Å². The van der Waals surface area contributed by atoms with Gasteiger partial charge in [0.15, 0.2) is 0 Å². The van der Waals surface area contributed by atoms with Gasteiger partial charge in [-0.05, 0) is 58.6 Å². The number of carbonyl (C=O) groups excluding carboxylic acids is 1. The van der Waals surface area contributed by atoms with E-state index < -0.39 is 0 Å². The van der Waals surface area contributed by atoms with Crippen molar-refractivity contribution in [1.29, 1.82) is 0 Å². The van der Waals surface area contributed by atoms with E-state index in [1.54, 1.807) is 11.0 Å². The number of nitrogens with zero attached hydrogens (tertiary/aromatic N) is 3. The Hall–Kier alpha value is -2.95. The fourth-order valence-electron chi connectivity index (χ4n) is 4.19. The second-order valence-electron chi connectivity index (χ2n) is 9.23. The lowest BCUT2D eigenvalue weighted by Gasteiger charge is -2.42. The summed E-state index contributed by atoms with van der Waals surface area (Å²) < 4.78 is 1.74.